The fourth-order valence-corrected chi connectivity index (χ4v) is 3.24. The molecule has 1 saturated heterocycles. The average Bonchev–Trinajstić information content (AvgIpc) is 2.73. The van der Waals surface area contributed by atoms with E-state index in [-0.39, 0.29) is 30.9 Å². The molecule has 0 bridgehead atoms. The van der Waals surface area contributed by atoms with Gasteiger partial charge < -0.3 is 29.6 Å². The van der Waals surface area contributed by atoms with E-state index in [0.717, 1.165) is 5.56 Å². The summed E-state index contributed by atoms with van der Waals surface area (Å²) in [6, 6.07) is 10.7. The molecule has 0 saturated carbocycles. The summed E-state index contributed by atoms with van der Waals surface area (Å²) in [5.74, 6) is 2.11. The van der Waals surface area contributed by atoms with Crippen molar-refractivity contribution in [2.24, 2.45) is 5.73 Å². The molecule has 0 aliphatic carbocycles. The summed E-state index contributed by atoms with van der Waals surface area (Å²) in [5, 5.41) is 0. The molecule has 29 heavy (non-hydrogen) atoms. The summed E-state index contributed by atoms with van der Waals surface area (Å²) in [4.78, 5) is 14.8. The van der Waals surface area contributed by atoms with Crippen LogP contribution in [0.15, 0.2) is 36.4 Å². The van der Waals surface area contributed by atoms with E-state index in [2.05, 4.69) is 0 Å². The van der Waals surface area contributed by atoms with Gasteiger partial charge in [-0.3, -0.25) is 4.79 Å². The van der Waals surface area contributed by atoms with Crippen LogP contribution < -0.4 is 19.9 Å². The topological polar surface area (TPSA) is 83.2 Å². The summed E-state index contributed by atoms with van der Waals surface area (Å²) in [7, 11) is 3.14. The van der Waals surface area contributed by atoms with Gasteiger partial charge in [0.05, 0.1) is 39.0 Å². The van der Waals surface area contributed by atoms with E-state index in [1.54, 1.807) is 32.4 Å². The zero-order valence-corrected chi connectivity index (χ0v) is 17.7. The number of morpholine rings is 1. The van der Waals surface area contributed by atoms with Gasteiger partial charge in [-0.2, -0.15) is 0 Å². The molecule has 0 unspecified atom stereocenters. The Bertz CT molecular complexity index is 846. The summed E-state index contributed by atoms with van der Waals surface area (Å²) in [6.45, 7) is 3.87. The first-order valence-electron chi connectivity index (χ1n) is 9.19. The molecule has 2 aromatic rings. The number of benzene rings is 2. The second-order valence-corrected chi connectivity index (χ2v) is 6.53. The van der Waals surface area contributed by atoms with Crippen molar-refractivity contribution in [3.05, 3.63) is 47.5 Å². The Kier molecular flexibility index (Phi) is 8.13. The third-order valence-corrected chi connectivity index (χ3v) is 4.77. The molecule has 1 heterocycles. The van der Waals surface area contributed by atoms with Crippen molar-refractivity contribution >= 4 is 18.3 Å². The van der Waals surface area contributed by atoms with Crippen LogP contribution in [0.4, 0.5) is 0 Å². The molecule has 2 N–H and O–H groups in total. The fourth-order valence-electron chi connectivity index (χ4n) is 3.24. The van der Waals surface area contributed by atoms with E-state index in [4.69, 9.17) is 24.7 Å². The highest BCUT2D eigenvalue weighted by molar-refractivity contribution is 5.95. The Morgan fingerprint density at radius 1 is 1.14 bits per heavy atom. The lowest BCUT2D eigenvalue weighted by Gasteiger charge is -2.33. The van der Waals surface area contributed by atoms with Gasteiger partial charge in [0.2, 0.25) is 0 Å². The second kappa shape index (κ2) is 10.3. The standard InChI is InChI=1S/C21H26N2O5.ClH/c1-14-13-27-10-9-23(14)21(24)15-7-8-19(26-3)20(11-15)28-18-6-4-5-17(25-2)16(18)12-22;/h4-8,11,14H,9-10,12-13,22H2,1-3H3;1H/t14-;/m1./s1. The van der Waals surface area contributed by atoms with Crippen molar-refractivity contribution in [3.8, 4) is 23.0 Å². The van der Waals surface area contributed by atoms with Crippen LogP contribution in [0, 0.1) is 0 Å². The first-order valence-corrected chi connectivity index (χ1v) is 9.19. The minimum absolute atomic E-state index is 0. The van der Waals surface area contributed by atoms with Crippen LogP contribution in [-0.2, 0) is 11.3 Å². The Labute approximate surface area is 177 Å². The van der Waals surface area contributed by atoms with Crippen molar-refractivity contribution in [1.82, 2.24) is 4.90 Å². The van der Waals surface area contributed by atoms with Gasteiger partial charge in [0.25, 0.3) is 5.91 Å². The van der Waals surface area contributed by atoms with Crippen molar-refractivity contribution < 1.29 is 23.7 Å². The third-order valence-electron chi connectivity index (χ3n) is 4.77. The van der Waals surface area contributed by atoms with Crippen molar-refractivity contribution in [2.75, 3.05) is 34.0 Å². The van der Waals surface area contributed by atoms with E-state index in [0.29, 0.717) is 48.3 Å². The van der Waals surface area contributed by atoms with Crippen LogP contribution in [0.5, 0.6) is 23.0 Å². The predicted octanol–water partition coefficient (Wildman–Crippen LogP) is 3.24. The molecule has 2 aromatic carbocycles. The number of carbonyl (C=O) groups excluding carboxylic acids is 1. The normalized spacial score (nSPS) is 16.0. The number of halogens is 1. The molecule has 1 aliphatic heterocycles. The fraction of sp³-hybridized carbons (Fsp3) is 0.381. The van der Waals surface area contributed by atoms with Crippen LogP contribution in [-0.4, -0.2) is 50.8 Å². The first kappa shape index (κ1) is 22.8. The number of rotatable bonds is 6. The lowest BCUT2D eigenvalue weighted by molar-refractivity contribution is 0.00358. The summed E-state index contributed by atoms with van der Waals surface area (Å²) in [6.07, 6.45) is 0. The van der Waals surface area contributed by atoms with E-state index in [9.17, 15) is 4.79 Å². The van der Waals surface area contributed by atoms with Gasteiger partial charge in [0.1, 0.15) is 11.5 Å². The zero-order chi connectivity index (χ0) is 20.1. The van der Waals surface area contributed by atoms with E-state index in [1.165, 1.54) is 0 Å². The molecular weight excluding hydrogens is 396 g/mol. The quantitative estimate of drug-likeness (QED) is 0.769. The highest BCUT2D eigenvalue weighted by Crippen LogP contribution is 2.37. The average molecular weight is 423 g/mol. The van der Waals surface area contributed by atoms with E-state index >= 15 is 0 Å². The van der Waals surface area contributed by atoms with E-state index in [1.807, 2.05) is 30.0 Å². The van der Waals surface area contributed by atoms with Gasteiger partial charge in [0, 0.05) is 18.7 Å². The maximum absolute atomic E-state index is 13.0. The summed E-state index contributed by atoms with van der Waals surface area (Å²) >= 11 is 0. The zero-order valence-electron chi connectivity index (χ0n) is 16.8. The minimum Gasteiger partial charge on any atom is -0.496 e. The number of methoxy groups -OCH3 is 2. The smallest absolute Gasteiger partial charge is 0.254 e. The maximum atomic E-state index is 13.0. The molecule has 1 atom stereocenters. The van der Waals surface area contributed by atoms with Gasteiger partial charge in [0.15, 0.2) is 11.5 Å². The van der Waals surface area contributed by atoms with Gasteiger partial charge in [-0.05, 0) is 37.3 Å². The minimum atomic E-state index is -0.0620. The highest BCUT2D eigenvalue weighted by atomic mass is 35.5. The Morgan fingerprint density at radius 2 is 1.86 bits per heavy atom. The molecule has 0 radical (unpaired) electrons. The van der Waals surface area contributed by atoms with Gasteiger partial charge in [-0.25, -0.2) is 0 Å². The third kappa shape index (κ3) is 4.93. The second-order valence-electron chi connectivity index (χ2n) is 6.53. The molecular formula is C21H27ClN2O5. The lowest BCUT2D eigenvalue weighted by atomic mass is 10.1. The molecule has 0 spiro atoms. The molecule has 1 fully saturated rings. The van der Waals surface area contributed by atoms with Crippen LogP contribution in [0.1, 0.15) is 22.8 Å². The Hall–Kier alpha value is -2.48. The molecule has 158 valence electrons. The highest BCUT2D eigenvalue weighted by Gasteiger charge is 2.25. The number of hydrogen-bond acceptors (Lipinski definition) is 6. The number of hydrogen-bond donors (Lipinski definition) is 1. The van der Waals surface area contributed by atoms with Crippen molar-refractivity contribution in [1.29, 1.82) is 0 Å². The molecule has 7 nitrogen and oxygen atoms in total. The molecule has 1 aliphatic rings. The van der Waals surface area contributed by atoms with Gasteiger partial charge >= 0.3 is 0 Å². The number of ether oxygens (including phenoxy) is 4. The Morgan fingerprint density at radius 3 is 2.52 bits per heavy atom. The SMILES string of the molecule is COc1ccc(C(=O)N2CCOC[C@H]2C)cc1Oc1cccc(OC)c1CN.Cl. The van der Waals surface area contributed by atoms with Crippen LogP contribution in [0.2, 0.25) is 0 Å². The van der Waals surface area contributed by atoms with E-state index < -0.39 is 0 Å². The molecule has 3 rings (SSSR count). The summed E-state index contributed by atoms with van der Waals surface area (Å²) in [5.41, 5.74) is 7.15. The molecule has 0 aromatic heterocycles. The predicted molar refractivity (Wildman–Crippen MR) is 113 cm³/mol. The van der Waals surface area contributed by atoms with Gasteiger partial charge in [-0.15, -0.1) is 12.4 Å². The van der Waals surface area contributed by atoms with Crippen LogP contribution in [0.25, 0.3) is 0 Å². The monoisotopic (exact) mass is 422 g/mol. The first-order chi connectivity index (χ1) is 13.6. The lowest BCUT2D eigenvalue weighted by Crippen LogP contribution is -2.47. The number of nitrogens with zero attached hydrogens (tertiary/aromatic N) is 1. The van der Waals surface area contributed by atoms with Crippen LogP contribution >= 0.6 is 12.4 Å². The number of carbonyl (C=O) groups is 1. The van der Waals surface area contributed by atoms with Crippen molar-refractivity contribution in [3.63, 3.8) is 0 Å². The summed E-state index contributed by atoms with van der Waals surface area (Å²) < 4.78 is 22.3. The number of nitrogens with two attached hydrogens (primary N) is 1. The van der Waals surface area contributed by atoms with Crippen molar-refractivity contribution in [2.45, 2.75) is 19.5 Å². The Balaban J connectivity index is 0.00000300. The maximum Gasteiger partial charge on any atom is 0.254 e. The van der Waals surface area contributed by atoms with Gasteiger partial charge in [-0.1, -0.05) is 6.07 Å². The largest absolute Gasteiger partial charge is 0.496 e. The molecule has 8 heteroatoms. The number of amides is 1. The molecule has 1 amide bonds. The van der Waals surface area contributed by atoms with Crippen LogP contribution in [0.3, 0.4) is 0 Å².